The summed E-state index contributed by atoms with van der Waals surface area (Å²) in [6.45, 7) is 10.4. The second-order valence-electron chi connectivity index (χ2n) is 6.15. The van der Waals surface area contributed by atoms with Crippen molar-refractivity contribution in [3.05, 3.63) is 23.4 Å². The van der Waals surface area contributed by atoms with Gasteiger partial charge in [0.15, 0.2) is 5.13 Å². The fourth-order valence-corrected chi connectivity index (χ4v) is 3.39. The summed E-state index contributed by atoms with van der Waals surface area (Å²) in [5.74, 6) is 2.02. The summed E-state index contributed by atoms with van der Waals surface area (Å²) < 4.78 is 5.82. The van der Waals surface area contributed by atoms with Gasteiger partial charge >= 0.3 is 0 Å². The molecule has 120 valence electrons. The minimum atomic E-state index is 0.173. The summed E-state index contributed by atoms with van der Waals surface area (Å²) in [6, 6.07) is 0.173. The molecule has 0 aliphatic carbocycles. The van der Waals surface area contributed by atoms with Crippen LogP contribution in [-0.4, -0.2) is 46.3 Å². The second kappa shape index (κ2) is 6.75. The molecule has 7 heteroatoms. The quantitative estimate of drug-likeness (QED) is 0.844. The Kier molecular flexibility index (Phi) is 4.73. The van der Waals surface area contributed by atoms with Crippen molar-refractivity contribution in [3.63, 3.8) is 0 Å². The molecule has 0 unspecified atom stereocenters. The highest BCUT2D eigenvalue weighted by molar-refractivity contribution is 7.13. The van der Waals surface area contributed by atoms with E-state index in [1.165, 1.54) is 0 Å². The lowest BCUT2D eigenvalue weighted by Gasteiger charge is -2.36. The van der Waals surface area contributed by atoms with Crippen molar-refractivity contribution in [2.45, 2.75) is 33.2 Å². The van der Waals surface area contributed by atoms with Crippen molar-refractivity contribution in [2.75, 3.05) is 31.1 Å². The number of aromatic nitrogens is 3. The molecule has 6 nitrogen and oxygen atoms in total. The first-order valence-electron chi connectivity index (χ1n) is 7.84. The van der Waals surface area contributed by atoms with Crippen LogP contribution >= 0.6 is 11.3 Å². The molecule has 2 aromatic rings. The Balaban J connectivity index is 1.57. The van der Waals surface area contributed by atoms with E-state index in [1.54, 1.807) is 11.3 Å². The fraction of sp³-hybridized carbons (Fsp3) is 0.667. The minimum Gasteiger partial charge on any atom is -0.424 e. The van der Waals surface area contributed by atoms with Crippen LogP contribution in [0.25, 0.3) is 0 Å². The average Bonchev–Trinajstić information content (AvgIpc) is 3.17. The first kappa shape index (κ1) is 15.4. The Hall–Kier alpha value is -1.47. The predicted octanol–water partition coefficient (Wildman–Crippen LogP) is 2.61. The molecule has 0 N–H and O–H groups in total. The molecule has 1 saturated heterocycles. The normalized spacial score (nSPS) is 18.1. The number of hydrogen-bond donors (Lipinski definition) is 0. The molecular weight excluding hydrogens is 298 g/mol. The molecule has 0 amide bonds. The first-order chi connectivity index (χ1) is 10.6. The van der Waals surface area contributed by atoms with E-state index in [9.17, 15) is 0 Å². The average molecular weight is 321 g/mol. The van der Waals surface area contributed by atoms with Crippen molar-refractivity contribution in [1.82, 2.24) is 20.1 Å². The molecule has 22 heavy (non-hydrogen) atoms. The highest BCUT2D eigenvalue weighted by atomic mass is 32.1. The highest BCUT2D eigenvalue weighted by Gasteiger charge is 2.26. The van der Waals surface area contributed by atoms with E-state index < -0.39 is 0 Å². The van der Waals surface area contributed by atoms with E-state index >= 15 is 0 Å². The zero-order valence-electron chi connectivity index (χ0n) is 13.4. The van der Waals surface area contributed by atoms with E-state index in [0.717, 1.165) is 49.5 Å². The second-order valence-corrected chi connectivity index (χ2v) is 7.02. The molecule has 1 aliphatic rings. The van der Waals surface area contributed by atoms with Gasteiger partial charge in [-0.3, -0.25) is 4.90 Å². The molecule has 0 radical (unpaired) electrons. The Morgan fingerprint density at radius 3 is 2.59 bits per heavy atom. The van der Waals surface area contributed by atoms with Gasteiger partial charge in [0.25, 0.3) is 0 Å². The summed E-state index contributed by atoms with van der Waals surface area (Å²) in [6.07, 6.45) is 2.71. The third-order valence-corrected chi connectivity index (χ3v) is 4.81. The van der Waals surface area contributed by atoms with Crippen LogP contribution in [0.5, 0.6) is 0 Å². The minimum absolute atomic E-state index is 0.173. The Bertz CT molecular complexity index is 575. The largest absolute Gasteiger partial charge is 0.424 e. The van der Waals surface area contributed by atoms with Crippen molar-refractivity contribution in [2.24, 2.45) is 5.92 Å². The number of rotatable bonds is 5. The molecular formula is C15H23N5OS. The van der Waals surface area contributed by atoms with Gasteiger partial charge < -0.3 is 9.32 Å². The molecule has 1 atom stereocenters. The highest BCUT2D eigenvalue weighted by Crippen LogP contribution is 2.24. The maximum absolute atomic E-state index is 5.82. The molecule has 2 aromatic heterocycles. The van der Waals surface area contributed by atoms with Gasteiger partial charge in [0.05, 0.1) is 6.04 Å². The third kappa shape index (κ3) is 3.47. The molecule has 3 heterocycles. The first-order valence-corrected chi connectivity index (χ1v) is 8.72. The van der Waals surface area contributed by atoms with E-state index in [0.29, 0.717) is 5.92 Å². The van der Waals surface area contributed by atoms with Crippen LogP contribution in [0, 0.1) is 5.92 Å². The van der Waals surface area contributed by atoms with Crippen LogP contribution in [-0.2, 0) is 6.42 Å². The summed E-state index contributed by atoms with van der Waals surface area (Å²) in [5.41, 5.74) is 0. The van der Waals surface area contributed by atoms with E-state index in [2.05, 4.69) is 45.8 Å². The molecule has 0 saturated carbocycles. The fourth-order valence-electron chi connectivity index (χ4n) is 2.70. The Labute approximate surface area is 135 Å². The van der Waals surface area contributed by atoms with Crippen LogP contribution in [0.1, 0.15) is 38.6 Å². The monoisotopic (exact) mass is 321 g/mol. The van der Waals surface area contributed by atoms with Gasteiger partial charge in [-0.15, -0.1) is 21.5 Å². The zero-order valence-corrected chi connectivity index (χ0v) is 14.2. The molecule has 0 spiro atoms. The Morgan fingerprint density at radius 2 is 1.95 bits per heavy atom. The van der Waals surface area contributed by atoms with Crippen LogP contribution in [0.2, 0.25) is 0 Å². The summed E-state index contributed by atoms with van der Waals surface area (Å²) in [7, 11) is 0. The van der Waals surface area contributed by atoms with Gasteiger partial charge in [-0.2, -0.15) is 0 Å². The summed E-state index contributed by atoms with van der Waals surface area (Å²) in [5, 5.41) is 11.5. The standard InChI is InChI=1S/C15H23N5OS/c1-11(2)10-13-17-18-14(21-13)12(3)19-5-7-20(8-6-19)15-16-4-9-22-15/h4,9,11-12H,5-8,10H2,1-3H3/t12-/m0/s1. The van der Waals surface area contributed by atoms with Crippen LogP contribution < -0.4 is 4.90 Å². The third-order valence-electron chi connectivity index (χ3n) is 3.97. The Morgan fingerprint density at radius 1 is 1.18 bits per heavy atom. The van der Waals surface area contributed by atoms with Crippen LogP contribution in [0.4, 0.5) is 5.13 Å². The maximum atomic E-state index is 5.82. The molecule has 0 bridgehead atoms. The predicted molar refractivity (Wildman–Crippen MR) is 87.2 cm³/mol. The molecule has 1 aliphatic heterocycles. The van der Waals surface area contributed by atoms with Gasteiger partial charge in [0.2, 0.25) is 11.8 Å². The lowest BCUT2D eigenvalue weighted by molar-refractivity contribution is 0.171. The lowest BCUT2D eigenvalue weighted by Crippen LogP contribution is -2.47. The maximum Gasteiger partial charge on any atom is 0.233 e. The van der Waals surface area contributed by atoms with Gasteiger partial charge in [0, 0.05) is 44.2 Å². The van der Waals surface area contributed by atoms with E-state index in [-0.39, 0.29) is 6.04 Å². The van der Waals surface area contributed by atoms with Crippen LogP contribution in [0.3, 0.4) is 0 Å². The smallest absolute Gasteiger partial charge is 0.233 e. The lowest BCUT2D eigenvalue weighted by atomic mass is 10.1. The van der Waals surface area contributed by atoms with Crippen LogP contribution in [0.15, 0.2) is 16.0 Å². The SMILES string of the molecule is CC(C)Cc1nnc([C@H](C)N2CCN(c3nccs3)CC2)o1. The van der Waals surface area contributed by atoms with Gasteiger partial charge in [0.1, 0.15) is 0 Å². The summed E-state index contributed by atoms with van der Waals surface area (Å²) in [4.78, 5) is 9.12. The molecule has 3 rings (SSSR count). The van der Waals surface area contributed by atoms with Gasteiger partial charge in [-0.1, -0.05) is 13.8 Å². The zero-order chi connectivity index (χ0) is 15.5. The van der Waals surface area contributed by atoms with Crippen molar-refractivity contribution < 1.29 is 4.42 Å². The molecule has 0 aromatic carbocycles. The van der Waals surface area contributed by atoms with E-state index in [4.69, 9.17) is 4.42 Å². The van der Waals surface area contributed by atoms with Crippen molar-refractivity contribution in [3.8, 4) is 0 Å². The van der Waals surface area contributed by atoms with Crippen molar-refractivity contribution >= 4 is 16.5 Å². The topological polar surface area (TPSA) is 58.3 Å². The number of hydrogen-bond acceptors (Lipinski definition) is 7. The number of anilines is 1. The molecule has 1 fully saturated rings. The summed E-state index contributed by atoms with van der Waals surface area (Å²) >= 11 is 1.70. The van der Waals surface area contributed by atoms with E-state index in [1.807, 2.05) is 11.6 Å². The van der Waals surface area contributed by atoms with Crippen molar-refractivity contribution in [1.29, 1.82) is 0 Å². The number of piperazine rings is 1. The van der Waals surface area contributed by atoms with Gasteiger partial charge in [-0.25, -0.2) is 4.98 Å². The van der Waals surface area contributed by atoms with Gasteiger partial charge in [-0.05, 0) is 12.8 Å². The number of nitrogens with zero attached hydrogens (tertiary/aromatic N) is 5. The number of thiazole rings is 1.